The number of hydrogen-bond donors (Lipinski definition) is 2. The van der Waals surface area contributed by atoms with Crippen molar-refractivity contribution in [2.45, 2.75) is 18.9 Å². The third kappa shape index (κ3) is 4.02. The van der Waals surface area contributed by atoms with Crippen molar-refractivity contribution in [2.24, 2.45) is 0 Å². The highest BCUT2D eigenvalue weighted by atomic mass is 79.9. The van der Waals surface area contributed by atoms with Gasteiger partial charge in [0.05, 0.1) is 7.11 Å². The lowest BCUT2D eigenvalue weighted by molar-refractivity contribution is -0.137. The standard InChI is InChI=1S/C12H16BrNO3/c1-14-10(4-6-12(15)16)9-7-8(13)3-5-11(9)17-2/h3,5,7,10,14H,4,6H2,1-2H3,(H,15,16). The van der Waals surface area contributed by atoms with E-state index in [0.717, 1.165) is 15.8 Å². The minimum Gasteiger partial charge on any atom is -0.496 e. The lowest BCUT2D eigenvalue weighted by atomic mass is 10.0. The molecular weight excluding hydrogens is 286 g/mol. The van der Waals surface area contributed by atoms with Crippen LogP contribution < -0.4 is 10.1 Å². The summed E-state index contributed by atoms with van der Waals surface area (Å²) in [7, 11) is 3.42. The van der Waals surface area contributed by atoms with Crippen molar-refractivity contribution in [2.75, 3.05) is 14.2 Å². The smallest absolute Gasteiger partial charge is 0.303 e. The molecule has 0 spiro atoms. The summed E-state index contributed by atoms with van der Waals surface area (Å²) in [5.41, 5.74) is 0.964. The molecule has 1 unspecified atom stereocenters. The van der Waals surface area contributed by atoms with Crippen molar-refractivity contribution in [3.8, 4) is 5.75 Å². The van der Waals surface area contributed by atoms with Crippen LogP contribution in [0.15, 0.2) is 22.7 Å². The number of ether oxygens (including phenoxy) is 1. The fraction of sp³-hybridized carbons (Fsp3) is 0.417. The molecule has 0 saturated heterocycles. The van der Waals surface area contributed by atoms with Crippen LogP contribution in [0.5, 0.6) is 5.75 Å². The molecule has 0 radical (unpaired) electrons. The van der Waals surface area contributed by atoms with Gasteiger partial charge in [-0.25, -0.2) is 0 Å². The van der Waals surface area contributed by atoms with Gasteiger partial charge >= 0.3 is 5.97 Å². The van der Waals surface area contributed by atoms with Crippen molar-refractivity contribution in [3.05, 3.63) is 28.2 Å². The topological polar surface area (TPSA) is 58.6 Å². The molecule has 0 fully saturated rings. The third-order valence-corrected chi connectivity index (χ3v) is 3.06. The normalized spacial score (nSPS) is 12.2. The summed E-state index contributed by atoms with van der Waals surface area (Å²) in [5.74, 6) is -0.0304. The first-order valence-corrected chi connectivity index (χ1v) is 6.10. The van der Waals surface area contributed by atoms with Gasteiger partial charge < -0.3 is 15.2 Å². The Bertz CT molecular complexity index is 395. The highest BCUT2D eigenvalue weighted by Gasteiger charge is 2.16. The first-order chi connectivity index (χ1) is 8.08. The Morgan fingerprint density at radius 1 is 1.59 bits per heavy atom. The molecular formula is C12H16BrNO3. The molecule has 0 aromatic heterocycles. The second-order valence-electron chi connectivity index (χ2n) is 3.66. The predicted molar refractivity (Wildman–Crippen MR) is 69.4 cm³/mol. The van der Waals surface area contributed by atoms with E-state index >= 15 is 0 Å². The van der Waals surface area contributed by atoms with Gasteiger partial charge in [0, 0.05) is 22.5 Å². The summed E-state index contributed by atoms with van der Waals surface area (Å²) >= 11 is 3.40. The Morgan fingerprint density at radius 2 is 2.29 bits per heavy atom. The Kier molecular flexibility index (Phi) is 5.44. The van der Waals surface area contributed by atoms with Crippen molar-refractivity contribution >= 4 is 21.9 Å². The van der Waals surface area contributed by atoms with Crippen LogP contribution in [0.1, 0.15) is 24.4 Å². The number of carboxylic acid groups (broad SMARTS) is 1. The third-order valence-electron chi connectivity index (χ3n) is 2.56. The number of aliphatic carboxylic acids is 1. The van der Waals surface area contributed by atoms with Crippen LogP contribution in [-0.4, -0.2) is 25.2 Å². The number of carboxylic acids is 1. The highest BCUT2D eigenvalue weighted by molar-refractivity contribution is 9.10. The van der Waals surface area contributed by atoms with E-state index < -0.39 is 5.97 Å². The van der Waals surface area contributed by atoms with Gasteiger partial charge in [-0.05, 0) is 31.7 Å². The molecule has 0 aliphatic rings. The summed E-state index contributed by atoms with van der Waals surface area (Å²) in [5, 5.41) is 11.8. The maximum absolute atomic E-state index is 10.6. The molecule has 1 aromatic carbocycles. The van der Waals surface area contributed by atoms with Crippen molar-refractivity contribution in [1.29, 1.82) is 0 Å². The van der Waals surface area contributed by atoms with E-state index in [-0.39, 0.29) is 12.5 Å². The molecule has 0 amide bonds. The van der Waals surface area contributed by atoms with E-state index in [4.69, 9.17) is 9.84 Å². The van der Waals surface area contributed by atoms with Gasteiger partial charge in [0.1, 0.15) is 5.75 Å². The average molecular weight is 302 g/mol. The fourth-order valence-electron chi connectivity index (χ4n) is 1.70. The van der Waals surface area contributed by atoms with Gasteiger partial charge in [-0.15, -0.1) is 0 Å². The zero-order chi connectivity index (χ0) is 12.8. The number of benzene rings is 1. The van der Waals surface area contributed by atoms with E-state index in [1.807, 2.05) is 25.2 Å². The number of nitrogens with one attached hydrogen (secondary N) is 1. The molecule has 1 atom stereocenters. The molecule has 4 nitrogen and oxygen atoms in total. The minimum absolute atomic E-state index is 0.0291. The summed E-state index contributed by atoms with van der Waals surface area (Å²) in [6.07, 6.45) is 0.653. The Balaban J connectivity index is 2.93. The molecule has 0 aliphatic carbocycles. The average Bonchev–Trinajstić information content (AvgIpc) is 2.30. The second-order valence-corrected chi connectivity index (χ2v) is 4.58. The van der Waals surface area contributed by atoms with Gasteiger partial charge in [-0.3, -0.25) is 4.79 Å². The summed E-state index contributed by atoms with van der Waals surface area (Å²) in [4.78, 5) is 10.6. The second kappa shape index (κ2) is 6.61. The summed E-state index contributed by atoms with van der Waals surface area (Å²) < 4.78 is 6.23. The van der Waals surface area contributed by atoms with Gasteiger partial charge in [0.2, 0.25) is 0 Å². The summed E-state index contributed by atoms with van der Waals surface area (Å²) in [6, 6.07) is 5.68. The number of methoxy groups -OCH3 is 1. The molecule has 1 rings (SSSR count). The van der Waals surface area contributed by atoms with Crippen LogP contribution >= 0.6 is 15.9 Å². The quantitative estimate of drug-likeness (QED) is 0.848. The van der Waals surface area contributed by atoms with Gasteiger partial charge in [-0.2, -0.15) is 0 Å². The van der Waals surface area contributed by atoms with Crippen LogP contribution in [0, 0.1) is 0 Å². The summed E-state index contributed by atoms with van der Waals surface area (Å²) in [6.45, 7) is 0. The first kappa shape index (κ1) is 14.0. The molecule has 0 saturated carbocycles. The Hall–Kier alpha value is -1.07. The molecule has 94 valence electrons. The largest absolute Gasteiger partial charge is 0.496 e. The monoisotopic (exact) mass is 301 g/mol. The van der Waals surface area contributed by atoms with Crippen LogP contribution in [0.25, 0.3) is 0 Å². The molecule has 0 aliphatic heterocycles. The molecule has 17 heavy (non-hydrogen) atoms. The van der Waals surface area contributed by atoms with E-state index in [9.17, 15) is 4.79 Å². The Labute approximate surface area is 109 Å². The van der Waals surface area contributed by atoms with Crippen molar-refractivity contribution < 1.29 is 14.6 Å². The molecule has 1 aromatic rings. The predicted octanol–water partition coefficient (Wildman–Crippen LogP) is 2.58. The molecule has 0 heterocycles. The number of hydrogen-bond acceptors (Lipinski definition) is 3. The van der Waals surface area contributed by atoms with E-state index in [2.05, 4.69) is 21.2 Å². The fourth-order valence-corrected chi connectivity index (χ4v) is 2.08. The lowest BCUT2D eigenvalue weighted by Gasteiger charge is -2.19. The molecule has 0 bridgehead atoms. The van der Waals surface area contributed by atoms with Crippen LogP contribution in [-0.2, 0) is 4.79 Å². The van der Waals surface area contributed by atoms with E-state index in [1.54, 1.807) is 7.11 Å². The van der Waals surface area contributed by atoms with Gasteiger partial charge in [-0.1, -0.05) is 15.9 Å². The van der Waals surface area contributed by atoms with E-state index in [0.29, 0.717) is 6.42 Å². The number of rotatable bonds is 6. The van der Waals surface area contributed by atoms with Crippen LogP contribution in [0.3, 0.4) is 0 Å². The number of halogens is 1. The van der Waals surface area contributed by atoms with Gasteiger partial charge in [0.15, 0.2) is 0 Å². The molecule has 5 heteroatoms. The van der Waals surface area contributed by atoms with Crippen LogP contribution in [0.2, 0.25) is 0 Å². The van der Waals surface area contributed by atoms with Crippen molar-refractivity contribution in [3.63, 3.8) is 0 Å². The van der Waals surface area contributed by atoms with Gasteiger partial charge in [0.25, 0.3) is 0 Å². The van der Waals surface area contributed by atoms with E-state index in [1.165, 1.54) is 0 Å². The minimum atomic E-state index is -0.792. The SMILES string of the molecule is CNC(CCC(=O)O)c1cc(Br)ccc1OC. The maximum atomic E-state index is 10.6. The zero-order valence-electron chi connectivity index (χ0n) is 9.87. The Morgan fingerprint density at radius 3 is 2.82 bits per heavy atom. The van der Waals surface area contributed by atoms with Crippen LogP contribution in [0.4, 0.5) is 0 Å². The van der Waals surface area contributed by atoms with Crippen molar-refractivity contribution in [1.82, 2.24) is 5.32 Å². The first-order valence-electron chi connectivity index (χ1n) is 5.31. The number of carbonyl (C=O) groups is 1. The zero-order valence-corrected chi connectivity index (χ0v) is 11.5. The lowest BCUT2D eigenvalue weighted by Crippen LogP contribution is -2.18. The maximum Gasteiger partial charge on any atom is 0.303 e. The highest BCUT2D eigenvalue weighted by Crippen LogP contribution is 2.30. The molecule has 2 N–H and O–H groups in total.